The molecule has 15 heavy (non-hydrogen) atoms. The molecule has 1 aromatic rings. The van der Waals surface area contributed by atoms with E-state index in [9.17, 15) is 5.11 Å². The zero-order chi connectivity index (χ0) is 11.1. The van der Waals surface area contributed by atoms with Gasteiger partial charge in [0, 0.05) is 24.5 Å². The number of aromatic nitrogens is 2. The Morgan fingerprint density at radius 2 is 2.27 bits per heavy atom. The second-order valence-electron chi connectivity index (χ2n) is 4.20. The molecule has 0 aromatic carbocycles. The van der Waals surface area contributed by atoms with Gasteiger partial charge in [0.25, 0.3) is 0 Å². The van der Waals surface area contributed by atoms with Gasteiger partial charge in [0.15, 0.2) is 0 Å². The molecule has 0 amide bonds. The first-order chi connectivity index (χ1) is 7.20. The molecule has 0 aliphatic heterocycles. The van der Waals surface area contributed by atoms with Crippen molar-refractivity contribution in [3.8, 4) is 0 Å². The number of likely N-dealkylation sites (N-methyl/N-ethyl adjacent to an activating group) is 1. The van der Waals surface area contributed by atoms with Gasteiger partial charge in [-0.25, -0.2) is 0 Å². The first kappa shape index (κ1) is 12.2. The van der Waals surface area contributed by atoms with E-state index >= 15 is 0 Å². The molecular formula is C11H21N3O. The summed E-state index contributed by atoms with van der Waals surface area (Å²) in [4.78, 5) is 0. The molecule has 1 unspecified atom stereocenters. The van der Waals surface area contributed by atoms with Gasteiger partial charge in [-0.15, -0.1) is 0 Å². The zero-order valence-electron chi connectivity index (χ0n) is 9.61. The third-order valence-corrected chi connectivity index (χ3v) is 2.88. The van der Waals surface area contributed by atoms with Gasteiger partial charge in [0.2, 0.25) is 0 Å². The number of nitrogens with one attached hydrogen (secondary N) is 1. The van der Waals surface area contributed by atoms with Crippen molar-refractivity contribution >= 4 is 0 Å². The van der Waals surface area contributed by atoms with Crippen LogP contribution < -0.4 is 5.32 Å². The van der Waals surface area contributed by atoms with Crippen LogP contribution in [0.15, 0.2) is 18.5 Å². The third kappa shape index (κ3) is 4.01. The number of hydrogen-bond acceptors (Lipinski definition) is 3. The monoisotopic (exact) mass is 211 g/mol. The molecule has 4 nitrogen and oxygen atoms in total. The Morgan fingerprint density at radius 1 is 1.47 bits per heavy atom. The number of unbranched alkanes of at least 4 members (excludes halogenated alkanes) is 1. The lowest BCUT2D eigenvalue weighted by Crippen LogP contribution is -2.43. The molecule has 86 valence electrons. The highest BCUT2D eigenvalue weighted by atomic mass is 16.3. The lowest BCUT2D eigenvalue weighted by molar-refractivity contribution is 0.170. The predicted octanol–water partition coefficient (Wildman–Crippen LogP) is 1.02. The van der Waals surface area contributed by atoms with E-state index in [4.69, 9.17) is 0 Å². The van der Waals surface area contributed by atoms with Gasteiger partial charge >= 0.3 is 0 Å². The second-order valence-corrected chi connectivity index (χ2v) is 4.20. The summed E-state index contributed by atoms with van der Waals surface area (Å²) in [6.07, 6.45) is 6.95. The molecule has 0 bridgehead atoms. The van der Waals surface area contributed by atoms with Crippen LogP contribution in [-0.4, -0.2) is 34.1 Å². The number of aryl methyl sites for hydroxylation is 1. The molecule has 1 atom stereocenters. The maximum absolute atomic E-state index is 9.19. The van der Waals surface area contributed by atoms with Gasteiger partial charge in [-0.3, -0.25) is 4.68 Å². The molecule has 0 aliphatic rings. The molecule has 0 aliphatic carbocycles. The van der Waals surface area contributed by atoms with Crippen molar-refractivity contribution in [3.63, 3.8) is 0 Å². The topological polar surface area (TPSA) is 50.1 Å². The minimum absolute atomic E-state index is 0.135. The summed E-state index contributed by atoms with van der Waals surface area (Å²) < 4.78 is 1.94. The lowest BCUT2D eigenvalue weighted by atomic mass is 9.96. The van der Waals surface area contributed by atoms with E-state index in [0.717, 1.165) is 25.8 Å². The molecule has 0 saturated carbocycles. The Labute approximate surface area is 91.3 Å². The molecule has 0 spiro atoms. The van der Waals surface area contributed by atoms with E-state index in [1.54, 1.807) is 6.20 Å². The largest absolute Gasteiger partial charge is 0.394 e. The van der Waals surface area contributed by atoms with Crippen molar-refractivity contribution in [1.29, 1.82) is 0 Å². The Morgan fingerprint density at radius 3 is 2.80 bits per heavy atom. The molecule has 2 N–H and O–H groups in total. The van der Waals surface area contributed by atoms with Crippen LogP contribution in [0.4, 0.5) is 0 Å². The van der Waals surface area contributed by atoms with Gasteiger partial charge in [-0.05, 0) is 39.3 Å². The average Bonchev–Trinajstić information content (AvgIpc) is 2.77. The molecular weight excluding hydrogens is 190 g/mol. The average molecular weight is 211 g/mol. The first-order valence-corrected chi connectivity index (χ1v) is 5.47. The van der Waals surface area contributed by atoms with Crippen LogP contribution in [-0.2, 0) is 6.54 Å². The van der Waals surface area contributed by atoms with Crippen molar-refractivity contribution < 1.29 is 5.11 Å². The number of aliphatic hydroxyl groups excluding tert-OH is 1. The molecule has 4 heteroatoms. The maximum atomic E-state index is 9.19. The van der Waals surface area contributed by atoms with Crippen molar-refractivity contribution in [2.24, 2.45) is 0 Å². The van der Waals surface area contributed by atoms with Gasteiger partial charge in [-0.1, -0.05) is 0 Å². The second kappa shape index (κ2) is 5.88. The van der Waals surface area contributed by atoms with Crippen molar-refractivity contribution in [2.75, 3.05) is 13.7 Å². The Hall–Kier alpha value is -0.870. The van der Waals surface area contributed by atoms with Crippen molar-refractivity contribution in [3.05, 3.63) is 18.5 Å². The van der Waals surface area contributed by atoms with Gasteiger partial charge < -0.3 is 10.4 Å². The summed E-state index contributed by atoms with van der Waals surface area (Å²) in [6, 6.07) is 1.94. The normalized spacial score (nSPS) is 15.1. The van der Waals surface area contributed by atoms with E-state index in [1.165, 1.54) is 0 Å². The highest BCUT2D eigenvalue weighted by molar-refractivity contribution is 4.80. The van der Waals surface area contributed by atoms with E-state index in [2.05, 4.69) is 10.4 Å². The van der Waals surface area contributed by atoms with Crippen LogP contribution in [0.3, 0.4) is 0 Å². The van der Waals surface area contributed by atoms with E-state index in [0.29, 0.717) is 0 Å². The van der Waals surface area contributed by atoms with Crippen molar-refractivity contribution in [2.45, 2.75) is 38.3 Å². The number of nitrogens with zero attached hydrogens (tertiary/aromatic N) is 2. The quantitative estimate of drug-likeness (QED) is 0.662. The first-order valence-electron chi connectivity index (χ1n) is 5.47. The Kier molecular flexibility index (Phi) is 4.78. The van der Waals surface area contributed by atoms with Gasteiger partial charge in [-0.2, -0.15) is 5.10 Å². The Bertz CT molecular complexity index is 255. The van der Waals surface area contributed by atoms with E-state index in [-0.39, 0.29) is 12.1 Å². The van der Waals surface area contributed by atoms with Crippen LogP contribution in [0, 0.1) is 0 Å². The Balaban J connectivity index is 2.16. The van der Waals surface area contributed by atoms with Crippen LogP contribution in [0.1, 0.15) is 26.2 Å². The number of aliphatic hydroxyl groups is 1. The van der Waals surface area contributed by atoms with Crippen LogP contribution >= 0.6 is 0 Å². The standard InChI is InChI=1S/C11H21N3O/c1-11(10-15,12-2)6-3-4-8-14-9-5-7-13-14/h5,7,9,12,15H,3-4,6,8,10H2,1-2H3. The smallest absolute Gasteiger partial charge is 0.0610 e. The summed E-state index contributed by atoms with van der Waals surface area (Å²) in [5, 5.41) is 16.5. The van der Waals surface area contributed by atoms with Crippen molar-refractivity contribution in [1.82, 2.24) is 15.1 Å². The van der Waals surface area contributed by atoms with Crippen LogP contribution in [0.25, 0.3) is 0 Å². The van der Waals surface area contributed by atoms with E-state index in [1.807, 2.05) is 30.9 Å². The molecule has 0 fully saturated rings. The van der Waals surface area contributed by atoms with Gasteiger partial charge in [0.05, 0.1) is 6.61 Å². The number of rotatable bonds is 7. The molecule has 1 aromatic heterocycles. The number of hydrogen-bond donors (Lipinski definition) is 2. The maximum Gasteiger partial charge on any atom is 0.0610 e. The van der Waals surface area contributed by atoms with Crippen LogP contribution in [0.2, 0.25) is 0 Å². The summed E-state index contributed by atoms with van der Waals surface area (Å²) in [5.41, 5.74) is -0.135. The summed E-state index contributed by atoms with van der Waals surface area (Å²) in [7, 11) is 1.89. The summed E-state index contributed by atoms with van der Waals surface area (Å²) in [6.45, 7) is 3.18. The molecule has 0 radical (unpaired) electrons. The predicted molar refractivity (Wildman–Crippen MR) is 60.6 cm³/mol. The summed E-state index contributed by atoms with van der Waals surface area (Å²) in [5.74, 6) is 0. The minimum atomic E-state index is -0.135. The molecule has 1 rings (SSSR count). The summed E-state index contributed by atoms with van der Waals surface area (Å²) >= 11 is 0. The van der Waals surface area contributed by atoms with E-state index < -0.39 is 0 Å². The molecule has 1 heterocycles. The SMILES string of the molecule is CNC(C)(CO)CCCCn1cccn1. The third-order valence-electron chi connectivity index (χ3n) is 2.88. The highest BCUT2D eigenvalue weighted by Gasteiger charge is 2.19. The fourth-order valence-corrected chi connectivity index (χ4v) is 1.50. The minimum Gasteiger partial charge on any atom is -0.394 e. The fraction of sp³-hybridized carbons (Fsp3) is 0.727. The fourth-order valence-electron chi connectivity index (χ4n) is 1.50. The van der Waals surface area contributed by atoms with Gasteiger partial charge in [0.1, 0.15) is 0 Å². The van der Waals surface area contributed by atoms with Crippen LogP contribution in [0.5, 0.6) is 0 Å². The molecule has 0 saturated heterocycles. The zero-order valence-corrected chi connectivity index (χ0v) is 9.61. The highest BCUT2D eigenvalue weighted by Crippen LogP contribution is 2.12. The lowest BCUT2D eigenvalue weighted by Gasteiger charge is -2.26.